The van der Waals surface area contributed by atoms with Crippen LogP contribution in [-0.2, 0) is 11.8 Å². The molecule has 124 valence electrons. The summed E-state index contributed by atoms with van der Waals surface area (Å²) < 4.78 is 1.97. The molecule has 0 radical (unpaired) electrons. The van der Waals surface area contributed by atoms with Crippen molar-refractivity contribution in [2.75, 3.05) is 5.32 Å². The van der Waals surface area contributed by atoms with Crippen LogP contribution in [0.4, 0.5) is 5.69 Å². The van der Waals surface area contributed by atoms with Crippen LogP contribution in [0.1, 0.15) is 11.1 Å². The zero-order valence-corrected chi connectivity index (χ0v) is 14.6. The van der Waals surface area contributed by atoms with Crippen molar-refractivity contribution >= 4 is 40.2 Å². The van der Waals surface area contributed by atoms with E-state index >= 15 is 0 Å². The van der Waals surface area contributed by atoms with Gasteiger partial charge in [-0.15, -0.1) is 0 Å². The highest BCUT2D eigenvalue weighted by molar-refractivity contribution is 6.30. The van der Waals surface area contributed by atoms with Gasteiger partial charge in [-0.3, -0.25) is 4.79 Å². The topological polar surface area (TPSA) is 57.8 Å². The number of hydrogen-bond acceptors (Lipinski definition) is 2. The molecular formula is C20H16ClN3O. The molecule has 0 bridgehead atoms. The van der Waals surface area contributed by atoms with Gasteiger partial charge in [-0.25, -0.2) is 0 Å². The van der Waals surface area contributed by atoms with Crippen LogP contribution in [0.3, 0.4) is 0 Å². The molecule has 1 N–H and O–H groups in total. The average molecular weight is 350 g/mol. The van der Waals surface area contributed by atoms with Gasteiger partial charge < -0.3 is 9.88 Å². The summed E-state index contributed by atoms with van der Waals surface area (Å²) in [5.74, 6) is -0.444. The van der Waals surface area contributed by atoms with Crippen LogP contribution in [0.25, 0.3) is 17.0 Å². The molecule has 1 amide bonds. The van der Waals surface area contributed by atoms with Gasteiger partial charge in [-0.2, -0.15) is 5.26 Å². The first kappa shape index (κ1) is 16.8. The van der Waals surface area contributed by atoms with Crippen molar-refractivity contribution in [1.29, 1.82) is 5.26 Å². The van der Waals surface area contributed by atoms with Gasteiger partial charge >= 0.3 is 0 Å². The van der Waals surface area contributed by atoms with Crippen molar-refractivity contribution in [2.45, 2.75) is 6.92 Å². The first-order valence-corrected chi connectivity index (χ1v) is 8.11. The normalized spacial score (nSPS) is 11.4. The van der Waals surface area contributed by atoms with Crippen molar-refractivity contribution in [1.82, 2.24) is 4.57 Å². The molecule has 0 saturated heterocycles. The molecule has 2 aromatic carbocycles. The van der Waals surface area contributed by atoms with Crippen molar-refractivity contribution in [2.24, 2.45) is 7.05 Å². The molecule has 0 atom stereocenters. The lowest BCUT2D eigenvalue weighted by molar-refractivity contribution is -0.112. The number of benzene rings is 2. The van der Waals surface area contributed by atoms with E-state index in [1.807, 2.05) is 55.1 Å². The Morgan fingerprint density at radius 1 is 1.28 bits per heavy atom. The Hall–Kier alpha value is -3.03. The molecule has 0 aliphatic rings. The average Bonchev–Trinajstić information content (AvgIpc) is 2.91. The second-order valence-electron chi connectivity index (χ2n) is 5.80. The Balaban J connectivity index is 1.94. The number of hydrogen-bond donors (Lipinski definition) is 1. The number of carbonyl (C=O) groups excluding carboxylic acids is 1. The highest BCUT2D eigenvalue weighted by Gasteiger charge is 2.13. The molecule has 0 fully saturated rings. The van der Waals surface area contributed by atoms with E-state index in [1.54, 1.807) is 24.3 Å². The lowest BCUT2D eigenvalue weighted by Crippen LogP contribution is -2.14. The predicted molar refractivity (Wildman–Crippen MR) is 101 cm³/mol. The van der Waals surface area contributed by atoms with Crippen molar-refractivity contribution in [3.05, 3.63) is 70.4 Å². The summed E-state index contributed by atoms with van der Waals surface area (Å²) in [5, 5.41) is 13.8. The molecule has 4 nitrogen and oxygen atoms in total. The zero-order chi connectivity index (χ0) is 18.0. The highest BCUT2D eigenvalue weighted by atomic mass is 35.5. The smallest absolute Gasteiger partial charge is 0.266 e. The summed E-state index contributed by atoms with van der Waals surface area (Å²) in [7, 11) is 1.93. The lowest BCUT2D eigenvalue weighted by atomic mass is 10.1. The molecule has 3 rings (SSSR count). The highest BCUT2D eigenvalue weighted by Crippen LogP contribution is 2.24. The van der Waals surface area contributed by atoms with Crippen molar-refractivity contribution in [3.8, 4) is 6.07 Å². The third kappa shape index (κ3) is 3.42. The third-order valence-electron chi connectivity index (χ3n) is 4.03. The number of carbonyl (C=O) groups is 1. The molecule has 1 aromatic heterocycles. The molecule has 0 aliphatic heterocycles. The number of rotatable bonds is 3. The van der Waals surface area contributed by atoms with E-state index in [-0.39, 0.29) is 5.57 Å². The quantitative estimate of drug-likeness (QED) is 0.551. The monoisotopic (exact) mass is 349 g/mol. The number of amides is 1. The Labute approximate surface area is 150 Å². The van der Waals surface area contributed by atoms with Crippen molar-refractivity contribution < 1.29 is 4.79 Å². The maximum Gasteiger partial charge on any atom is 0.266 e. The SMILES string of the molecule is Cc1cc(Cl)ccc1NC(=O)/C(C#N)=C/c1cn(C)c2ccccc12. The van der Waals surface area contributed by atoms with Crippen LogP contribution < -0.4 is 5.32 Å². The van der Waals surface area contributed by atoms with Gasteiger partial charge in [-0.05, 0) is 42.8 Å². The maximum absolute atomic E-state index is 12.5. The second kappa shape index (κ2) is 6.84. The van der Waals surface area contributed by atoms with E-state index in [9.17, 15) is 10.1 Å². The van der Waals surface area contributed by atoms with E-state index in [0.29, 0.717) is 10.7 Å². The fourth-order valence-corrected chi connectivity index (χ4v) is 2.98. The van der Waals surface area contributed by atoms with Crippen LogP contribution in [0.5, 0.6) is 0 Å². The molecule has 0 unspecified atom stereocenters. The Bertz CT molecular complexity index is 1040. The van der Waals surface area contributed by atoms with Crippen molar-refractivity contribution in [3.63, 3.8) is 0 Å². The minimum absolute atomic E-state index is 0.0469. The minimum Gasteiger partial charge on any atom is -0.350 e. The minimum atomic E-state index is -0.444. The molecule has 1 heterocycles. The number of fused-ring (bicyclic) bond motifs is 1. The summed E-state index contributed by atoms with van der Waals surface area (Å²) in [6, 6.07) is 15.0. The van der Waals surface area contributed by atoms with Gasteiger partial charge in [0.2, 0.25) is 0 Å². The van der Waals surface area contributed by atoms with Gasteiger partial charge in [0.1, 0.15) is 11.6 Å². The Kier molecular flexibility index (Phi) is 4.60. The van der Waals surface area contributed by atoms with Crippen LogP contribution in [0.15, 0.2) is 54.2 Å². The van der Waals surface area contributed by atoms with E-state index in [1.165, 1.54) is 0 Å². The summed E-state index contributed by atoms with van der Waals surface area (Å²) >= 11 is 5.93. The number of nitrogens with zero attached hydrogens (tertiary/aromatic N) is 2. The zero-order valence-electron chi connectivity index (χ0n) is 13.9. The molecular weight excluding hydrogens is 334 g/mol. The first-order valence-electron chi connectivity index (χ1n) is 7.73. The summed E-state index contributed by atoms with van der Waals surface area (Å²) in [5.41, 5.74) is 3.39. The van der Waals surface area contributed by atoms with Gasteiger partial charge in [0.25, 0.3) is 5.91 Å². The van der Waals surface area contributed by atoms with Crippen LogP contribution in [0, 0.1) is 18.3 Å². The summed E-state index contributed by atoms with van der Waals surface area (Å²) in [6.07, 6.45) is 3.52. The molecule has 5 heteroatoms. The predicted octanol–water partition coefficient (Wildman–Crippen LogP) is 4.69. The summed E-state index contributed by atoms with van der Waals surface area (Å²) in [4.78, 5) is 12.5. The van der Waals surface area contributed by atoms with Crippen LogP contribution >= 0.6 is 11.6 Å². The van der Waals surface area contributed by atoms with Gasteiger partial charge in [0.15, 0.2) is 0 Å². The molecule has 0 spiro atoms. The number of para-hydroxylation sites is 1. The molecule has 0 aliphatic carbocycles. The van der Waals surface area contributed by atoms with Gasteiger partial charge in [0.05, 0.1) is 0 Å². The number of aryl methyl sites for hydroxylation is 2. The largest absolute Gasteiger partial charge is 0.350 e. The number of aromatic nitrogens is 1. The number of halogens is 1. The van der Waals surface area contributed by atoms with E-state index < -0.39 is 5.91 Å². The van der Waals surface area contributed by atoms with Crippen LogP contribution in [-0.4, -0.2) is 10.5 Å². The number of nitrogens with one attached hydrogen (secondary N) is 1. The fraction of sp³-hybridized carbons (Fsp3) is 0.100. The van der Waals surface area contributed by atoms with E-state index in [0.717, 1.165) is 22.0 Å². The second-order valence-corrected chi connectivity index (χ2v) is 6.23. The van der Waals surface area contributed by atoms with Gasteiger partial charge in [-0.1, -0.05) is 29.8 Å². The lowest BCUT2D eigenvalue weighted by Gasteiger charge is -2.08. The van der Waals surface area contributed by atoms with Crippen LogP contribution in [0.2, 0.25) is 5.02 Å². The standard InChI is InChI=1S/C20H16ClN3O/c1-13-9-16(21)7-8-18(13)23-20(25)14(11-22)10-15-12-24(2)19-6-4-3-5-17(15)19/h3-10,12H,1-2H3,(H,23,25)/b14-10+. The number of nitriles is 1. The first-order chi connectivity index (χ1) is 12.0. The fourth-order valence-electron chi connectivity index (χ4n) is 2.75. The van der Waals surface area contributed by atoms with Gasteiger partial charge in [0, 0.05) is 40.4 Å². The Morgan fingerprint density at radius 3 is 2.76 bits per heavy atom. The molecule has 25 heavy (non-hydrogen) atoms. The Morgan fingerprint density at radius 2 is 2.04 bits per heavy atom. The third-order valence-corrected chi connectivity index (χ3v) is 4.26. The maximum atomic E-state index is 12.5. The molecule has 0 saturated carbocycles. The summed E-state index contributed by atoms with van der Waals surface area (Å²) in [6.45, 7) is 1.85. The van der Waals surface area contributed by atoms with E-state index in [4.69, 9.17) is 11.6 Å². The molecule has 3 aromatic rings. The van der Waals surface area contributed by atoms with E-state index in [2.05, 4.69) is 5.32 Å². The number of anilines is 1.